The average molecular weight is 463 g/mol. The Morgan fingerprint density at radius 1 is 1.19 bits per heavy atom. The minimum absolute atomic E-state index is 0.205. The number of benzene rings is 1. The number of ether oxygens (including phenoxy) is 1. The molecule has 9 nitrogen and oxygen atoms in total. The van der Waals surface area contributed by atoms with E-state index in [9.17, 15) is 13.2 Å². The predicted octanol–water partition coefficient (Wildman–Crippen LogP) is 2.50. The second-order valence-electron chi connectivity index (χ2n) is 6.84. The number of methoxy groups -OCH3 is 1. The van der Waals surface area contributed by atoms with Crippen molar-refractivity contribution < 1.29 is 22.4 Å². The number of hydrogen-bond donors (Lipinski definition) is 1. The molecule has 31 heavy (non-hydrogen) atoms. The zero-order valence-corrected chi connectivity index (χ0v) is 18.5. The van der Waals surface area contributed by atoms with E-state index in [1.54, 1.807) is 28.7 Å². The summed E-state index contributed by atoms with van der Waals surface area (Å²) in [4.78, 5) is 19.0. The number of furan rings is 1. The van der Waals surface area contributed by atoms with Gasteiger partial charge in [-0.1, -0.05) is 0 Å². The minimum Gasteiger partial charge on any atom is -0.497 e. The Kier molecular flexibility index (Phi) is 6.25. The lowest BCUT2D eigenvalue weighted by Crippen LogP contribution is -2.50. The van der Waals surface area contributed by atoms with E-state index in [1.807, 2.05) is 12.1 Å². The molecular weight excluding hydrogens is 440 g/mol. The van der Waals surface area contributed by atoms with E-state index >= 15 is 0 Å². The van der Waals surface area contributed by atoms with E-state index in [4.69, 9.17) is 9.15 Å². The van der Waals surface area contributed by atoms with Gasteiger partial charge in [0, 0.05) is 31.6 Å². The number of carbonyl (C=O) groups is 1. The lowest BCUT2D eigenvalue weighted by atomic mass is 10.3. The third-order valence-corrected chi connectivity index (χ3v) is 7.65. The molecule has 0 aliphatic carbocycles. The van der Waals surface area contributed by atoms with Crippen molar-refractivity contribution in [1.82, 2.24) is 14.2 Å². The molecule has 0 bridgehead atoms. The molecule has 1 aliphatic heterocycles. The fraction of sp³-hybridized carbons (Fsp3) is 0.300. The summed E-state index contributed by atoms with van der Waals surface area (Å²) in [6.45, 7) is 1.56. The van der Waals surface area contributed by atoms with Crippen LogP contribution in [-0.2, 0) is 16.6 Å². The first kappa shape index (κ1) is 21.3. The van der Waals surface area contributed by atoms with Gasteiger partial charge in [0.1, 0.15) is 17.2 Å². The summed E-state index contributed by atoms with van der Waals surface area (Å²) in [5.41, 5.74) is 0.346. The number of aromatic nitrogens is 1. The zero-order valence-electron chi connectivity index (χ0n) is 16.9. The summed E-state index contributed by atoms with van der Waals surface area (Å²) < 4.78 is 37.5. The lowest BCUT2D eigenvalue weighted by Gasteiger charge is -2.33. The average Bonchev–Trinajstić information content (AvgIpc) is 3.49. The number of carbonyl (C=O) groups excluding carboxylic acids is 1. The fourth-order valence-corrected chi connectivity index (χ4v) is 5.32. The molecule has 4 rings (SSSR count). The number of sulfonamides is 1. The maximum atomic E-state index is 12.9. The van der Waals surface area contributed by atoms with Gasteiger partial charge in [-0.3, -0.25) is 4.79 Å². The number of piperazine rings is 1. The molecule has 3 aromatic rings. The van der Waals surface area contributed by atoms with Crippen LogP contribution in [0.15, 0.2) is 57.4 Å². The van der Waals surface area contributed by atoms with Crippen LogP contribution in [0.4, 0.5) is 5.13 Å². The largest absolute Gasteiger partial charge is 0.497 e. The second-order valence-corrected chi connectivity index (χ2v) is 9.64. The van der Waals surface area contributed by atoms with Crippen LogP contribution in [0.2, 0.25) is 0 Å². The van der Waals surface area contributed by atoms with Crippen molar-refractivity contribution in [1.29, 1.82) is 0 Å². The van der Waals surface area contributed by atoms with Crippen LogP contribution in [0.3, 0.4) is 0 Å². The maximum absolute atomic E-state index is 12.9. The van der Waals surface area contributed by atoms with Gasteiger partial charge in [-0.25, -0.2) is 13.4 Å². The van der Waals surface area contributed by atoms with Crippen LogP contribution < -0.4 is 10.1 Å². The molecule has 1 saturated heterocycles. The normalized spacial score (nSPS) is 15.1. The maximum Gasteiger partial charge on any atom is 0.273 e. The van der Waals surface area contributed by atoms with Gasteiger partial charge in [-0.2, -0.15) is 4.31 Å². The highest BCUT2D eigenvalue weighted by Gasteiger charge is 2.31. The standard InChI is InChI=1S/C20H22N4O5S2/c1-28-15-4-6-17(7-5-15)31(26,27)24-10-8-23(9-11-24)19(25)18-14-30-20(22-18)21-13-16-3-2-12-29-16/h2-7,12,14H,8-11,13H2,1H3,(H,21,22). The first-order valence-electron chi connectivity index (χ1n) is 9.62. The van der Waals surface area contributed by atoms with Gasteiger partial charge in [0.2, 0.25) is 10.0 Å². The van der Waals surface area contributed by atoms with Crippen LogP contribution in [0, 0.1) is 0 Å². The highest BCUT2D eigenvalue weighted by molar-refractivity contribution is 7.89. The molecule has 2 aromatic heterocycles. The van der Waals surface area contributed by atoms with Crippen LogP contribution in [-0.4, -0.2) is 61.8 Å². The monoisotopic (exact) mass is 462 g/mol. The van der Waals surface area contributed by atoms with E-state index < -0.39 is 10.0 Å². The van der Waals surface area contributed by atoms with Crippen LogP contribution >= 0.6 is 11.3 Å². The number of rotatable bonds is 7. The lowest BCUT2D eigenvalue weighted by molar-refractivity contribution is 0.0693. The molecule has 164 valence electrons. The summed E-state index contributed by atoms with van der Waals surface area (Å²) in [7, 11) is -2.09. The van der Waals surface area contributed by atoms with Crippen molar-refractivity contribution in [2.45, 2.75) is 11.4 Å². The van der Waals surface area contributed by atoms with Gasteiger partial charge in [0.05, 0.1) is 24.8 Å². The third-order valence-electron chi connectivity index (χ3n) is 4.94. The van der Waals surface area contributed by atoms with Gasteiger partial charge in [0.15, 0.2) is 5.13 Å². The Labute approximate surface area is 184 Å². The Morgan fingerprint density at radius 2 is 1.94 bits per heavy atom. The zero-order chi connectivity index (χ0) is 21.8. The number of nitrogens with one attached hydrogen (secondary N) is 1. The minimum atomic E-state index is -3.62. The molecule has 0 radical (unpaired) electrons. The van der Waals surface area contributed by atoms with Gasteiger partial charge in [-0.15, -0.1) is 11.3 Å². The summed E-state index contributed by atoms with van der Waals surface area (Å²) in [5, 5.41) is 5.45. The fourth-order valence-electron chi connectivity index (χ4n) is 3.22. The van der Waals surface area contributed by atoms with Gasteiger partial charge >= 0.3 is 0 Å². The molecule has 0 spiro atoms. The second kappa shape index (κ2) is 9.08. The number of nitrogens with zero attached hydrogens (tertiary/aromatic N) is 3. The predicted molar refractivity (Wildman–Crippen MR) is 116 cm³/mol. The van der Waals surface area contributed by atoms with E-state index in [-0.39, 0.29) is 23.9 Å². The van der Waals surface area contributed by atoms with Crippen molar-refractivity contribution in [3.63, 3.8) is 0 Å². The molecular formula is C20H22N4O5S2. The molecule has 0 atom stereocenters. The van der Waals surface area contributed by atoms with Crippen molar-refractivity contribution in [3.05, 3.63) is 59.5 Å². The summed E-state index contributed by atoms with van der Waals surface area (Å²) >= 11 is 1.34. The van der Waals surface area contributed by atoms with Crippen molar-refractivity contribution in [2.75, 3.05) is 38.6 Å². The highest BCUT2D eigenvalue weighted by Crippen LogP contribution is 2.22. The van der Waals surface area contributed by atoms with Gasteiger partial charge in [-0.05, 0) is 36.4 Å². The van der Waals surface area contributed by atoms with E-state index in [0.717, 1.165) is 5.76 Å². The number of amides is 1. The number of hydrogen-bond acceptors (Lipinski definition) is 8. The first-order valence-corrected chi connectivity index (χ1v) is 11.9. The SMILES string of the molecule is COc1ccc(S(=O)(=O)N2CCN(C(=O)c3csc(NCc4ccco4)n3)CC2)cc1. The molecule has 1 fully saturated rings. The van der Waals surface area contributed by atoms with Crippen LogP contribution in [0.1, 0.15) is 16.2 Å². The number of anilines is 1. The third kappa shape index (κ3) is 4.73. The van der Waals surface area contributed by atoms with Gasteiger partial charge in [0.25, 0.3) is 5.91 Å². The number of thiazole rings is 1. The Bertz CT molecular complexity index is 1120. The molecule has 1 aromatic carbocycles. The van der Waals surface area contributed by atoms with E-state index in [2.05, 4.69) is 10.3 Å². The van der Waals surface area contributed by atoms with Crippen molar-refractivity contribution in [3.8, 4) is 5.75 Å². The van der Waals surface area contributed by atoms with Crippen LogP contribution in [0.5, 0.6) is 5.75 Å². The molecule has 11 heteroatoms. The summed E-state index contributed by atoms with van der Waals surface area (Å²) in [5.74, 6) is 1.16. The first-order chi connectivity index (χ1) is 15.0. The van der Waals surface area contributed by atoms with E-state index in [0.29, 0.717) is 36.2 Å². The smallest absolute Gasteiger partial charge is 0.273 e. The van der Waals surface area contributed by atoms with Crippen molar-refractivity contribution in [2.24, 2.45) is 0 Å². The Morgan fingerprint density at radius 3 is 2.58 bits per heavy atom. The summed E-state index contributed by atoms with van der Waals surface area (Å²) in [6.07, 6.45) is 1.60. The topological polar surface area (TPSA) is 105 Å². The molecule has 0 unspecified atom stereocenters. The molecule has 1 aliphatic rings. The van der Waals surface area contributed by atoms with Crippen molar-refractivity contribution >= 4 is 32.4 Å². The quantitative estimate of drug-likeness (QED) is 0.575. The molecule has 0 saturated carbocycles. The highest BCUT2D eigenvalue weighted by atomic mass is 32.2. The van der Waals surface area contributed by atoms with E-state index in [1.165, 1.54) is 34.9 Å². The Balaban J connectivity index is 1.34. The van der Waals surface area contributed by atoms with Crippen LogP contribution in [0.25, 0.3) is 0 Å². The molecule has 1 amide bonds. The van der Waals surface area contributed by atoms with Gasteiger partial charge < -0.3 is 19.4 Å². The Hall–Kier alpha value is -2.89. The molecule has 1 N–H and O–H groups in total. The molecule has 3 heterocycles. The summed E-state index contributed by atoms with van der Waals surface area (Å²) in [6, 6.07) is 9.95.